The van der Waals surface area contributed by atoms with Gasteiger partial charge in [-0.1, -0.05) is 48.5 Å². The summed E-state index contributed by atoms with van der Waals surface area (Å²) < 4.78 is 21.0. The first kappa shape index (κ1) is 21.4. The maximum absolute atomic E-state index is 13.8. The highest BCUT2D eigenvalue weighted by Crippen LogP contribution is 2.27. The van der Waals surface area contributed by atoms with Crippen molar-refractivity contribution in [3.05, 3.63) is 107 Å². The van der Waals surface area contributed by atoms with Gasteiger partial charge in [0.25, 0.3) is 0 Å². The maximum atomic E-state index is 13.8. The lowest BCUT2D eigenvalue weighted by Gasteiger charge is -2.08. The van der Waals surface area contributed by atoms with Crippen LogP contribution in [0.25, 0.3) is 17.3 Å². The number of ether oxygens (including phenoxy) is 1. The molecule has 0 saturated carbocycles. The topological polar surface area (TPSA) is 101 Å². The summed E-state index contributed by atoms with van der Waals surface area (Å²) in [5, 5.41) is 23.9. The molecular formula is C26H18FN5O. The first-order valence-electron chi connectivity index (χ1n) is 10.0. The zero-order valence-electron chi connectivity index (χ0n) is 17.4. The van der Waals surface area contributed by atoms with E-state index in [0.29, 0.717) is 22.6 Å². The number of nitrogens with two attached hydrogens (primary N) is 1. The minimum atomic E-state index is -0.337. The second kappa shape index (κ2) is 9.51. The molecule has 0 saturated heterocycles. The largest absolute Gasteiger partial charge is 0.489 e. The van der Waals surface area contributed by atoms with Crippen LogP contribution in [-0.4, -0.2) is 9.78 Å². The quantitative estimate of drug-likeness (QED) is 0.424. The van der Waals surface area contributed by atoms with Crippen molar-refractivity contribution >= 4 is 17.5 Å². The fraction of sp³-hybridized carbons (Fsp3) is 0.0385. The molecule has 0 atom stereocenters. The van der Waals surface area contributed by atoms with Gasteiger partial charge in [0.1, 0.15) is 47.4 Å². The number of nitrogen functional groups attached to an aromatic ring is 1. The Morgan fingerprint density at radius 2 is 1.79 bits per heavy atom. The number of halogens is 1. The molecule has 3 aromatic carbocycles. The predicted octanol–water partition coefficient (Wildman–Crippen LogP) is 5.11. The Balaban J connectivity index is 1.65. The fourth-order valence-electron chi connectivity index (χ4n) is 3.29. The minimum Gasteiger partial charge on any atom is -0.489 e. The third-order valence-electron chi connectivity index (χ3n) is 4.93. The molecule has 33 heavy (non-hydrogen) atoms. The van der Waals surface area contributed by atoms with Crippen molar-refractivity contribution < 1.29 is 9.13 Å². The van der Waals surface area contributed by atoms with Crippen molar-refractivity contribution in [2.45, 2.75) is 6.61 Å². The summed E-state index contributed by atoms with van der Waals surface area (Å²) >= 11 is 0. The molecule has 0 spiro atoms. The Kier molecular flexibility index (Phi) is 6.15. The van der Waals surface area contributed by atoms with Crippen molar-refractivity contribution in [2.24, 2.45) is 0 Å². The first-order valence-corrected chi connectivity index (χ1v) is 10.0. The van der Waals surface area contributed by atoms with Gasteiger partial charge in [-0.25, -0.2) is 9.07 Å². The molecule has 0 fully saturated rings. The van der Waals surface area contributed by atoms with Crippen LogP contribution in [0, 0.1) is 28.5 Å². The zero-order chi connectivity index (χ0) is 23.2. The van der Waals surface area contributed by atoms with Gasteiger partial charge < -0.3 is 10.5 Å². The molecule has 2 N–H and O–H groups in total. The highest BCUT2D eigenvalue weighted by atomic mass is 19.1. The monoisotopic (exact) mass is 435 g/mol. The van der Waals surface area contributed by atoms with Crippen molar-refractivity contribution in [1.29, 1.82) is 10.5 Å². The van der Waals surface area contributed by atoms with E-state index in [1.54, 1.807) is 60.7 Å². The van der Waals surface area contributed by atoms with E-state index in [1.165, 1.54) is 10.7 Å². The molecule has 4 rings (SSSR count). The Morgan fingerprint density at radius 1 is 1.03 bits per heavy atom. The molecule has 0 aliphatic heterocycles. The van der Waals surface area contributed by atoms with E-state index in [0.717, 1.165) is 0 Å². The summed E-state index contributed by atoms with van der Waals surface area (Å²) in [6.07, 6.45) is 1.61. The van der Waals surface area contributed by atoms with Crippen molar-refractivity contribution in [3.63, 3.8) is 0 Å². The number of para-hydroxylation sites is 1. The van der Waals surface area contributed by atoms with E-state index in [1.807, 2.05) is 24.3 Å². The van der Waals surface area contributed by atoms with Crippen LogP contribution in [0.15, 0.2) is 78.9 Å². The molecule has 0 bridgehead atoms. The molecule has 1 aromatic heterocycles. The summed E-state index contributed by atoms with van der Waals surface area (Å²) in [4.78, 5) is 0. The molecule has 0 aliphatic carbocycles. The smallest absolute Gasteiger partial charge is 0.145 e. The van der Waals surface area contributed by atoms with Crippen LogP contribution in [0.4, 0.5) is 10.2 Å². The zero-order valence-corrected chi connectivity index (χ0v) is 17.4. The summed E-state index contributed by atoms with van der Waals surface area (Å²) in [7, 11) is 0. The molecule has 1 heterocycles. The number of aromatic nitrogens is 2. The van der Waals surface area contributed by atoms with E-state index < -0.39 is 0 Å². The molecule has 0 unspecified atom stereocenters. The van der Waals surface area contributed by atoms with Crippen molar-refractivity contribution in [2.75, 3.05) is 5.73 Å². The van der Waals surface area contributed by atoms with Crippen LogP contribution in [-0.2, 0) is 6.61 Å². The third-order valence-corrected chi connectivity index (χ3v) is 4.93. The average Bonchev–Trinajstić information content (AvgIpc) is 3.18. The second-order valence-electron chi connectivity index (χ2n) is 7.09. The SMILES string of the molecule is N#C/C(=C\c1cccc(OCc2ccccc2F)c1)c1nn(-c2ccccc2)c(N)c1C#N. The van der Waals surface area contributed by atoms with Gasteiger partial charge in [-0.3, -0.25) is 0 Å². The van der Waals surface area contributed by atoms with Crippen LogP contribution < -0.4 is 10.5 Å². The van der Waals surface area contributed by atoms with Gasteiger partial charge in [0, 0.05) is 5.56 Å². The summed E-state index contributed by atoms with van der Waals surface area (Å²) in [5.74, 6) is 0.330. The van der Waals surface area contributed by atoms with Gasteiger partial charge in [-0.15, -0.1) is 0 Å². The molecule has 0 radical (unpaired) electrons. The van der Waals surface area contributed by atoms with Crippen molar-refractivity contribution in [1.82, 2.24) is 9.78 Å². The third kappa shape index (κ3) is 4.58. The molecule has 0 amide bonds. The highest BCUT2D eigenvalue weighted by molar-refractivity contribution is 5.91. The Morgan fingerprint density at radius 3 is 2.52 bits per heavy atom. The predicted molar refractivity (Wildman–Crippen MR) is 123 cm³/mol. The first-order chi connectivity index (χ1) is 16.1. The van der Waals surface area contributed by atoms with Crippen LogP contribution in [0.1, 0.15) is 22.4 Å². The van der Waals surface area contributed by atoms with Crippen molar-refractivity contribution in [3.8, 4) is 23.6 Å². The van der Waals surface area contributed by atoms with E-state index in [4.69, 9.17) is 10.5 Å². The lowest BCUT2D eigenvalue weighted by molar-refractivity contribution is 0.300. The fourth-order valence-corrected chi connectivity index (χ4v) is 3.29. The standard InChI is InChI=1S/C26H18FN5O/c27-24-12-5-4-8-19(24)17-33-22-11-6-7-18(14-22)13-20(15-28)25-23(16-29)26(30)32(31-25)21-9-2-1-3-10-21/h1-14H,17,30H2/b20-13+. The number of benzene rings is 3. The summed E-state index contributed by atoms with van der Waals surface area (Å²) in [6, 6.07) is 26.7. The average molecular weight is 435 g/mol. The van der Waals surface area contributed by atoms with E-state index >= 15 is 0 Å². The lowest BCUT2D eigenvalue weighted by Crippen LogP contribution is -2.02. The number of anilines is 1. The molecule has 7 heteroatoms. The number of allylic oxidation sites excluding steroid dienone is 1. The van der Waals surface area contributed by atoms with E-state index in [9.17, 15) is 14.9 Å². The minimum absolute atomic E-state index is 0.0710. The lowest BCUT2D eigenvalue weighted by atomic mass is 10.1. The highest BCUT2D eigenvalue weighted by Gasteiger charge is 2.20. The number of hydrogen-bond donors (Lipinski definition) is 1. The molecule has 6 nitrogen and oxygen atoms in total. The van der Waals surface area contributed by atoms with Gasteiger partial charge in [-0.2, -0.15) is 15.6 Å². The van der Waals surface area contributed by atoms with Crippen LogP contribution in [0.3, 0.4) is 0 Å². The maximum Gasteiger partial charge on any atom is 0.145 e. The molecular weight excluding hydrogens is 417 g/mol. The van der Waals surface area contributed by atoms with E-state index in [-0.39, 0.29) is 35.1 Å². The molecule has 4 aromatic rings. The molecule has 160 valence electrons. The number of nitrogens with zero attached hydrogens (tertiary/aromatic N) is 4. The van der Waals surface area contributed by atoms with Crippen LogP contribution in [0.2, 0.25) is 0 Å². The van der Waals surface area contributed by atoms with Gasteiger partial charge >= 0.3 is 0 Å². The van der Waals surface area contributed by atoms with Crippen LogP contribution >= 0.6 is 0 Å². The number of nitriles is 2. The van der Waals surface area contributed by atoms with Gasteiger partial charge in [0.15, 0.2) is 0 Å². The number of hydrogen-bond acceptors (Lipinski definition) is 5. The van der Waals surface area contributed by atoms with Crippen LogP contribution in [0.5, 0.6) is 5.75 Å². The normalized spacial score (nSPS) is 10.9. The van der Waals surface area contributed by atoms with Gasteiger partial charge in [-0.05, 0) is 42.0 Å². The Bertz CT molecular complexity index is 1410. The summed E-state index contributed by atoms with van der Waals surface area (Å²) in [5.41, 5.74) is 8.43. The Hall–Kier alpha value is -4.88. The number of rotatable bonds is 6. The summed E-state index contributed by atoms with van der Waals surface area (Å²) in [6.45, 7) is 0.0710. The van der Waals surface area contributed by atoms with Gasteiger partial charge in [0.05, 0.1) is 11.3 Å². The molecule has 0 aliphatic rings. The second-order valence-corrected chi connectivity index (χ2v) is 7.09. The van der Waals surface area contributed by atoms with E-state index in [2.05, 4.69) is 11.2 Å². The van der Waals surface area contributed by atoms with Gasteiger partial charge in [0.2, 0.25) is 0 Å². The Labute approximate surface area is 190 Å².